The number of thioether (sulfide) groups is 1. The first-order valence-electron chi connectivity index (χ1n) is 7.50. The molecule has 0 saturated carbocycles. The van der Waals surface area contributed by atoms with Crippen LogP contribution in [0, 0.1) is 0 Å². The summed E-state index contributed by atoms with van der Waals surface area (Å²) in [4.78, 5) is 12.3. The van der Waals surface area contributed by atoms with E-state index in [-0.39, 0.29) is 23.5 Å². The lowest BCUT2D eigenvalue weighted by atomic mass is 9.88. The number of hydrogen-bond donors (Lipinski definition) is 1. The van der Waals surface area contributed by atoms with Gasteiger partial charge in [-0.1, -0.05) is 36.0 Å². The molecule has 3 nitrogen and oxygen atoms in total. The fourth-order valence-corrected chi connectivity index (χ4v) is 3.30. The van der Waals surface area contributed by atoms with E-state index in [1.807, 2.05) is 18.2 Å². The molecule has 1 aliphatic carbocycles. The standard InChI is InChI=1S/C17H17F2NO2S/c18-17(19)23-10-12-8-9-15(22-12)16(21)20-14-7-3-5-11-4-1-2-6-13(11)14/h1-2,4,6,8-9,14,17H,3,5,7,10H2,(H,20,21). The summed E-state index contributed by atoms with van der Waals surface area (Å²) in [5, 5.41) is 2.98. The Morgan fingerprint density at radius 1 is 1.30 bits per heavy atom. The molecule has 0 aliphatic heterocycles. The van der Waals surface area contributed by atoms with Crippen molar-refractivity contribution in [2.24, 2.45) is 0 Å². The summed E-state index contributed by atoms with van der Waals surface area (Å²) in [7, 11) is 0. The molecule has 0 bridgehead atoms. The van der Waals surface area contributed by atoms with Crippen molar-refractivity contribution in [2.45, 2.75) is 36.8 Å². The van der Waals surface area contributed by atoms with E-state index in [4.69, 9.17) is 4.42 Å². The Hall–Kier alpha value is -1.82. The maximum absolute atomic E-state index is 12.3. The Bertz CT molecular complexity index is 687. The summed E-state index contributed by atoms with van der Waals surface area (Å²) in [6.45, 7) is 0. The number of carbonyl (C=O) groups is 1. The van der Waals surface area contributed by atoms with Crippen LogP contribution in [0.25, 0.3) is 0 Å². The predicted molar refractivity (Wildman–Crippen MR) is 85.6 cm³/mol. The van der Waals surface area contributed by atoms with Crippen molar-refractivity contribution in [2.75, 3.05) is 0 Å². The number of rotatable bonds is 5. The number of nitrogens with one attached hydrogen (secondary N) is 1. The third kappa shape index (κ3) is 3.93. The summed E-state index contributed by atoms with van der Waals surface area (Å²) in [6, 6.07) is 11.2. The van der Waals surface area contributed by atoms with E-state index < -0.39 is 5.76 Å². The van der Waals surface area contributed by atoms with Gasteiger partial charge in [-0.25, -0.2) is 0 Å². The molecule has 1 aromatic heterocycles. The van der Waals surface area contributed by atoms with E-state index in [2.05, 4.69) is 11.4 Å². The van der Waals surface area contributed by atoms with Gasteiger partial charge in [0.1, 0.15) is 5.76 Å². The average molecular weight is 337 g/mol. The van der Waals surface area contributed by atoms with Crippen molar-refractivity contribution in [1.29, 1.82) is 0 Å². The van der Waals surface area contributed by atoms with Gasteiger partial charge < -0.3 is 9.73 Å². The van der Waals surface area contributed by atoms with Crippen molar-refractivity contribution in [1.82, 2.24) is 5.32 Å². The zero-order chi connectivity index (χ0) is 16.2. The molecule has 0 spiro atoms. The quantitative estimate of drug-likeness (QED) is 0.871. The molecule has 1 aromatic carbocycles. The van der Waals surface area contributed by atoms with Crippen molar-refractivity contribution in [3.05, 3.63) is 59.0 Å². The lowest BCUT2D eigenvalue weighted by Crippen LogP contribution is -2.30. The highest BCUT2D eigenvalue weighted by Crippen LogP contribution is 2.30. The molecule has 0 fully saturated rings. The van der Waals surface area contributed by atoms with Crippen LogP contribution in [0.3, 0.4) is 0 Å². The minimum Gasteiger partial charge on any atom is -0.455 e. The summed E-state index contributed by atoms with van der Waals surface area (Å²) < 4.78 is 29.7. The molecule has 0 saturated heterocycles. The molecule has 1 atom stereocenters. The molecular formula is C17H17F2NO2S. The van der Waals surface area contributed by atoms with Gasteiger partial charge >= 0.3 is 0 Å². The molecule has 2 aromatic rings. The number of fused-ring (bicyclic) bond motifs is 1. The number of benzene rings is 1. The van der Waals surface area contributed by atoms with Crippen LogP contribution in [0.15, 0.2) is 40.8 Å². The smallest absolute Gasteiger partial charge is 0.287 e. The molecule has 23 heavy (non-hydrogen) atoms. The first-order valence-corrected chi connectivity index (χ1v) is 8.55. The van der Waals surface area contributed by atoms with E-state index in [0.29, 0.717) is 17.5 Å². The van der Waals surface area contributed by atoms with Gasteiger partial charge in [0.25, 0.3) is 11.7 Å². The van der Waals surface area contributed by atoms with Crippen LogP contribution in [-0.4, -0.2) is 11.7 Å². The number of hydrogen-bond acceptors (Lipinski definition) is 3. The maximum Gasteiger partial charge on any atom is 0.287 e. The zero-order valence-corrected chi connectivity index (χ0v) is 13.2. The molecule has 1 amide bonds. The largest absolute Gasteiger partial charge is 0.455 e. The van der Waals surface area contributed by atoms with Crippen LogP contribution < -0.4 is 5.32 Å². The molecular weight excluding hydrogens is 320 g/mol. The minimum absolute atomic E-state index is 0.0311. The number of alkyl halides is 2. The van der Waals surface area contributed by atoms with Gasteiger partial charge in [-0.05, 0) is 42.5 Å². The van der Waals surface area contributed by atoms with Gasteiger partial charge in [-0.2, -0.15) is 8.78 Å². The van der Waals surface area contributed by atoms with E-state index in [1.54, 1.807) is 6.07 Å². The topological polar surface area (TPSA) is 42.2 Å². The van der Waals surface area contributed by atoms with E-state index in [0.717, 1.165) is 24.8 Å². The predicted octanol–water partition coefficient (Wildman–Crippen LogP) is 4.54. The normalized spacial score (nSPS) is 17.1. The summed E-state index contributed by atoms with van der Waals surface area (Å²) >= 11 is 0.477. The fourth-order valence-electron chi connectivity index (χ4n) is 2.86. The van der Waals surface area contributed by atoms with E-state index in [1.165, 1.54) is 11.6 Å². The highest BCUT2D eigenvalue weighted by Gasteiger charge is 2.23. The van der Waals surface area contributed by atoms with Gasteiger partial charge in [-0.3, -0.25) is 4.79 Å². The van der Waals surface area contributed by atoms with Crippen molar-refractivity contribution < 1.29 is 18.0 Å². The summed E-state index contributed by atoms with van der Waals surface area (Å²) in [5.41, 5.74) is 2.41. The molecule has 1 heterocycles. The monoisotopic (exact) mass is 337 g/mol. The van der Waals surface area contributed by atoms with E-state index >= 15 is 0 Å². The second-order valence-electron chi connectivity index (χ2n) is 5.45. The number of aryl methyl sites for hydroxylation is 1. The van der Waals surface area contributed by atoms with Gasteiger partial charge in [0, 0.05) is 0 Å². The molecule has 1 aliphatic rings. The molecule has 3 rings (SSSR count). The molecule has 1 N–H and O–H groups in total. The third-order valence-corrected chi connectivity index (χ3v) is 4.61. The number of amides is 1. The number of furan rings is 1. The Labute approximate surface area is 137 Å². The summed E-state index contributed by atoms with van der Waals surface area (Å²) in [6.07, 6.45) is 2.94. The van der Waals surface area contributed by atoms with Crippen molar-refractivity contribution >= 4 is 17.7 Å². The van der Waals surface area contributed by atoms with Crippen molar-refractivity contribution in [3.63, 3.8) is 0 Å². The van der Waals surface area contributed by atoms with Gasteiger partial charge in [-0.15, -0.1) is 0 Å². The average Bonchev–Trinajstić information content (AvgIpc) is 3.02. The van der Waals surface area contributed by atoms with Gasteiger partial charge in [0.2, 0.25) is 0 Å². The molecule has 1 unspecified atom stereocenters. The highest BCUT2D eigenvalue weighted by molar-refractivity contribution is 7.98. The Morgan fingerprint density at radius 2 is 2.13 bits per heavy atom. The van der Waals surface area contributed by atoms with Crippen LogP contribution in [-0.2, 0) is 12.2 Å². The van der Waals surface area contributed by atoms with Crippen LogP contribution in [0.4, 0.5) is 8.78 Å². The van der Waals surface area contributed by atoms with E-state index in [9.17, 15) is 13.6 Å². The first kappa shape index (κ1) is 16.1. The molecule has 6 heteroatoms. The second-order valence-corrected chi connectivity index (χ2v) is 6.43. The van der Waals surface area contributed by atoms with Crippen LogP contribution in [0.1, 0.15) is 46.3 Å². The Kier molecular flexibility index (Phi) is 5.00. The number of carbonyl (C=O) groups excluding carboxylic acids is 1. The van der Waals surface area contributed by atoms with Crippen molar-refractivity contribution in [3.8, 4) is 0 Å². The van der Waals surface area contributed by atoms with Gasteiger partial charge in [0.15, 0.2) is 5.76 Å². The Balaban J connectivity index is 1.66. The van der Waals surface area contributed by atoms with Gasteiger partial charge in [0.05, 0.1) is 11.8 Å². The lowest BCUT2D eigenvalue weighted by molar-refractivity contribution is 0.0903. The minimum atomic E-state index is -2.45. The second kappa shape index (κ2) is 7.17. The number of halogens is 2. The zero-order valence-electron chi connectivity index (χ0n) is 12.4. The maximum atomic E-state index is 12.3. The SMILES string of the molecule is O=C(NC1CCCc2ccccc21)c1ccc(CSC(F)F)o1. The van der Waals surface area contributed by atoms with Crippen LogP contribution >= 0.6 is 11.8 Å². The first-order chi connectivity index (χ1) is 11.1. The summed E-state index contributed by atoms with van der Waals surface area (Å²) in [5.74, 6) is -2.16. The molecule has 122 valence electrons. The van der Waals surface area contributed by atoms with Crippen LogP contribution in [0.5, 0.6) is 0 Å². The molecule has 0 radical (unpaired) electrons. The lowest BCUT2D eigenvalue weighted by Gasteiger charge is -2.25. The Morgan fingerprint density at radius 3 is 2.96 bits per heavy atom. The third-order valence-electron chi connectivity index (χ3n) is 3.91. The van der Waals surface area contributed by atoms with Crippen LogP contribution in [0.2, 0.25) is 0 Å². The fraction of sp³-hybridized carbons (Fsp3) is 0.353. The highest BCUT2D eigenvalue weighted by atomic mass is 32.2.